The lowest BCUT2D eigenvalue weighted by Gasteiger charge is -2.32. The van der Waals surface area contributed by atoms with E-state index in [-0.39, 0.29) is 17.8 Å². The van der Waals surface area contributed by atoms with Crippen LogP contribution in [0.3, 0.4) is 0 Å². The number of aryl methyl sites for hydroxylation is 3. The normalized spacial score (nSPS) is 18.0. The minimum Gasteiger partial charge on any atom is -0.352 e. The minimum atomic E-state index is -0.229. The van der Waals surface area contributed by atoms with Gasteiger partial charge in [0.25, 0.3) is 5.91 Å². The van der Waals surface area contributed by atoms with Crippen molar-refractivity contribution in [2.45, 2.75) is 52.1 Å². The second kappa shape index (κ2) is 8.57. The molecule has 0 bridgehead atoms. The molecule has 0 N–H and O–H groups in total. The van der Waals surface area contributed by atoms with Crippen molar-refractivity contribution in [2.75, 3.05) is 18.0 Å². The van der Waals surface area contributed by atoms with Crippen LogP contribution in [0.2, 0.25) is 0 Å². The molecule has 33 heavy (non-hydrogen) atoms. The quantitative estimate of drug-likeness (QED) is 0.606. The molecule has 0 saturated carbocycles. The Morgan fingerprint density at radius 1 is 1.09 bits per heavy atom. The number of likely N-dealkylation sites (tertiary alicyclic amines) is 1. The van der Waals surface area contributed by atoms with E-state index in [4.69, 9.17) is 9.97 Å². The van der Waals surface area contributed by atoms with E-state index in [2.05, 4.69) is 10.00 Å². The standard InChI is InChI=1S/C25H29FN6O/c1-16-20-6-4-12-31(14-18-8-10-19(26)11-9-18)24(20)28-23(27-16)22-7-5-13-32(22)25(33)21-15-30(3)29-17(21)2/h8-11,15,22H,4-7,12-14H2,1-3H3/t22-/m0/s1. The van der Waals surface area contributed by atoms with E-state index < -0.39 is 0 Å². The average molecular weight is 449 g/mol. The third-order valence-corrected chi connectivity index (χ3v) is 6.71. The lowest BCUT2D eigenvalue weighted by Crippen LogP contribution is -2.34. The van der Waals surface area contributed by atoms with Gasteiger partial charge in [0, 0.05) is 44.1 Å². The molecular weight excluding hydrogens is 419 g/mol. The summed E-state index contributed by atoms with van der Waals surface area (Å²) < 4.78 is 15.0. The zero-order valence-electron chi connectivity index (χ0n) is 19.4. The summed E-state index contributed by atoms with van der Waals surface area (Å²) in [5.41, 5.74) is 4.58. The number of rotatable bonds is 4. The fourth-order valence-electron chi connectivity index (χ4n) is 5.06. The number of fused-ring (bicyclic) bond motifs is 1. The first-order chi connectivity index (χ1) is 15.9. The van der Waals surface area contributed by atoms with Crippen LogP contribution in [0.1, 0.15) is 64.0 Å². The molecular formula is C25H29FN6O. The summed E-state index contributed by atoms with van der Waals surface area (Å²) in [5.74, 6) is 1.42. The Bertz CT molecular complexity index is 1190. The Morgan fingerprint density at radius 3 is 2.61 bits per heavy atom. The first kappa shape index (κ1) is 21.6. The predicted molar refractivity (Wildman–Crippen MR) is 123 cm³/mol. The number of amides is 1. The van der Waals surface area contributed by atoms with E-state index in [1.165, 1.54) is 17.7 Å². The van der Waals surface area contributed by atoms with Gasteiger partial charge >= 0.3 is 0 Å². The molecule has 1 atom stereocenters. The van der Waals surface area contributed by atoms with Crippen LogP contribution in [-0.4, -0.2) is 43.6 Å². The van der Waals surface area contributed by atoms with Gasteiger partial charge in [-0.3, -0.25) is 9.48 Å². The van der Waals surface area contributed by atoms with Crippen molar-refractivity contribution >= 4 is 11.7 Å². The zero-order valence-corrected chi connectivity index (χ0v) is 19.4. The summed E-state index contributed by atoms with van der Waals surface area (Å²) in [6.45, 7) is 6.16. The average Bonchev–Trinajstić information content (AvgIpc) is 3.41. The predicted octanol–water partition coefficient (Wildman–Crippen LogP) is 3.90. The number of carbonyl (C=O) groups is 1. The van der Waals surface area contributed by atoms with Crippen molar-refractivity contribution in [1.29, 1.82) is 0 Å². The first-order valence-electron chi connectivity index (χ1n) is 11.6. The maximum absolute atomic E-state index is 13.4. The molecule has 1 amide bonds. The molecule has 0 aliphatic carbocycles. The maximum atomic E-state index is 13.4. The van der Waals surface area contributed by atoms with Gasteiger partial charge < -0.3 is 9.80 Å². The molecule has 8 heteroatoms. The topological polar surface area (TPSA) is 67.2 Å². The van der Waals surface area contributed by atoms with Gasteiger partial charge in [0.05, 0.1) is 17.3 Å². The minimum absolute atomic E-state index is 0.00904. The highest BCUT2D eigenvalue weighted by atomic mass is 19.1. The van der Waals surface area contributed by atoms with Gasteiger partial charge in [-0.1, -0.05) is 12.1 Å². The second-order valence-electron chi connectivity index (χ2n) is 9.08. The van der Waals surface area contributed by atoms with Crippen molar-refractivity contribution in [3.05, 3.63) is 70.2 Å². The molecule has 7 nitrogen and oxygen atoms in total. The summed E-state index contributed by atoms with van der Waals surface area (Å²) in [5, 5.41) is 4.34. The van der Waals surface area contributed by atoms with Gasteiger partial charge in [0.2, 0.25) is 0 Å². The molecule has 0 radical (unpaired) electrons. The van der Waals surface area contributed by atoms with Crippen LogP contribution < -0.4 is 4.90 Å². The smallest absolute Gasteiger partial charge is 0.257 e. The number of hydrogen-bond acceptors (Lipinski definition) is 5. The van der Waals surface area contributed by atoms with Gasteiger partial charge in [0.1, 0.15) is 11.6 Å². The number of aromatic nitrogens is 4. The van der Waals surface area contributed by atoms with Crippen LogP contribution in [0, 0.1) is 19.7 Å². The Labute approximate surface area is 193 Å². The largest absolute Gasteiger partial charge is 0.352 e. The molecule has 5 rings (SSSR count). The summed E-state index contributed by atoms with van der Waals surface area (Å²) in [6.07, 6.45) is 5.54. The highest BCUT2D eigenvalue weighted by Gasteiger charge is 2.35. The number of anilines is 1. The van der Waals surface area contributed by atoms with Gasteiger partial charge in [-0.05, 0) is 57.2 Å². The Hall–Kier alpha value is -3.29. The van der Waals surface area contributed by atoms with E-state index in [1.54, 1.807) is 10.9 Å². The number of nitrogens with zero attached hydrogens (tertiary/aromatic N) is 6. The Balaban J connectivity index is 1.46. The summed E-state index contributed by atoms with van der Waals surface area (Å²) in [6, 6.07) is 6.51. The van der Waals surface area contributed by atoms with Crippen LogP contribution in [-0.2, 0) is 20.0 Å². The van der Waals surface area contributed by atoms with E-state index in [0.29, 0.717) is 24.5 Å². The fraction of sp³-hybridized carbons (Fsp3) is 0.440. The molecule has 0 unspecified atom stereocenters. The molecule has 1 saturated heterocycles. The summed E-state index contributed by atoms with van der Waals surface area (Å²) in [4.78, 5) is 27.4. The van der Waals surface area contributed by atoms with E-state index in [1.807, 2.05) is 37.9 Å². The zero-order chi connectivity index (χ0) is 23.1. The lowest BCUT2D eigenvalue weighted by atomic mass is 10.0. The van der Waals surface area contributed by atoms with Gasteiger partial charge in [-0.2, -0.15) is 5.10 Å². The Kier molecular flexibility index (Phi) is 5.60. The first-order valence-corrected chi connectivity index (χ1v) is 11.6. The third kappa shape index (κ3) is 4.10. The molecule has 3 aromatic rings. The molecule has 4 heterocycles. The Morgan fingerprint density at radius 2 is 1.88 bits per heavy atom. The highest BCUT2D eigenvalue weighted by molar-refractivity contribution is 5.95. The molecule has 2 aliphatic heterocycles. The van der Waals surface area contributed by atoms with Crippen molar-refractivity contribution in [2.24, 2.45) is 7.05 Å². The van der Waals surface area contributed by atoms with E-state index >= 15 is 0 Å². The van der Waals surface area contributed by atoms with E-state index in [0.717, 1.165) is 55.0 Å². The van der Waals surface area contributed by atoms with Gasteiger partial charge in [-0.25, -0.2) is 14.4 Å². The molecule has 0 spiro atoms. The van der Waals surface area contributed by atoms with Crippen molar-refractivity contribution < 1.29 is 9.18 Å². The van der Waals surface area contributed by atoms with Crippen molar-refractivity contribution in [3.8, 4) is 0 Å². The number of hydrogen-bond donors (Lipinski definition) is 0. The molecule has 1 aromatic carbocycles. The summed E-state index contributed by atoms with van der Waals surface area (Å²) in [7, 11) is 1.83. The molecule has 2 aromatic heterocycles. The second-order valence-corrected chi connectivity index (χ2v) is 9.08. The SMILES string of the molecule is Cc1nn(C)cc1C(=O)N1CCC[C@H]1c1nc(C)c2c(n1)N(Cc1ccc(F)cc1)CCC2. The molecule has 2 aliphatic rings. The number of benzene rings is 1. The highest BCUT2D eigenvalue weighted by Crippen LogP contribution is 2.35. The van der Waals surface area contributed by atoms with Crippen LogP contribution in [0.5, 0.6) is 0 Å². The fourth-order valence-corrected chi connectivity index (χ4v) is 5.06. The van der Waals surface area contributed by atoms with Crippen LogP contribution in [0.15, 0.2) is 30.5 Å². The van der Waals surface area contributed by atoms with Crippen molar-refractivity contribution in [3.63, 3.8) is 0 Å². The van der Waals surface area contributed by atoms with E-state index in [9.17, 15) is 9.18 Å². The molecule has 1 fully saturated rings. The molecule has 172 valence electrons. The number of carbonyl (C=O) groups excluding carboxylic acids is 1. The van der Waals surface area contributed by atoms with Crippen LogP contribution in [0.4, 0.5) is 10.2 Å². The van der Waals surface area contributed by atoms with Gasteiger partial charge in [0.15, 0.2) is 5.82 Å². The van der Waals surface area contributed by atoms with Crippen molar-refractivity contribution in [1.82, 2.24) is 24.6 Å². The third-order valence-electron chi connectivity index (χ3n) is 6.71. The van der Waals surface area contributed by atoms with Gasteiger partial charge in [-0.15, -0.1) is 0 Å². The van der Waals surface area contributed by atoms with Crippen LogP contribution >= 0.6 is 0 Å². The van der Waals surface area contributed by atoms with Crippen LogP contribution in [0.25, 0.3) is 0 Å². The maximum Gasteiger partial charge on any atom is 0.257 e. The summed E-state index contributed by atoms with van der Waals surface area (Å²) >= 11 is 0. The number of halogens is 1. The lowest BCUT2D eigenvalue weighted by molar-refractivity contribution is 0.0729. The monoisotopic (exact) mass is 448 g/mol.